The van der Waals surface area contributed by atoms with Crippen molar-refractivity contribution in [2.45, 2.75) is 50.2 Å². The molecule has 0 aliphatic carbocycles. The van der Waals surface area contributed by atoms with E-state index in [-0.39, 0.29) is 0 Å². The van der Waals surface area contributed by atoms with Crippen LogP contribution in [0, 0.1) is 0 Å². The Balaban J connectivity index is 1.78. The summed E-state index contributed by atoms with van der Waals surface area (Å²) in [6.07, 6.45) is 3.66. The summed E-state index contributed by atoms with van der Waals surface area (Å²) >= 11 is 0. The zero-order chi connectivity index (χ0) is 14.0. The van der Waals surface area contributed by atoms with Crippen molar-refractivity contribution in [3.8, 4) is 0 Å². The van der Waals surface area contributed by atoms with Crippen LogP contribution in [0.25, 0.3) is 0 Å². The predicted molar refractivity (Wildman–Crippen MR) is 72.5 cm³/mol. The molecule has 2 aliphatic heterocycles. The molecule has 2 fully saturated rings. The molecule has 0 bridgehead atoms. The lowest BCUT2D eigenvalue weighted by molar-refractivity contribution is -0.101. The monoisotopic (exact) mass is 281 g/mol. The first kappa shape index (κ1) is 14.0. The summed E-state index contributed by atoms with van der Waals surface area (Å²) in [5, 5.41) is 7.64. The zero-order valence-electron chi connectivity index (χ0n) is 12.2. The van der Waals surface area contributed by atoms with Crippen LogP contribution >= 0.6 is 0 Å². The van der Waals surface area contributed by atoms with Gasteiger partial charge in [-0.2, -0.15) is 4.98 Å². The Hall–Kier alpha value is -0.980. The van der Waals surface area contributed by atoms with Gasteiger partial charge in [0.05, 0.1) is 0 Å². The summed E-state index contributed by atoms with van der Waals surface area (Å²) < 4.78 is 16.6. The Kier molecular flexibility index (Phi) is 4.05. The molecule has 2 atom stereocenters. The Labute approximate surface area is 119 Å². The number of aromatic nitrogens is 2. The third-order valence-corrected chi connectivity index (χ3v) is 4.51. The second kappa shape index (κ2) is 5.79. The molecule has 0 amide bonds. The van der Waals surface area contributed by atoms with Crippen molar-refractivity contribution in [1.29, 1.82) is 0 Å². The van der Waals surface area contributed by atoms with E-state index in [2.05, 4.69) is 22.4 Å². The molecule has 20 heavy (non-hydrogen) atoms. The number of ether oxygens (including phenoxy) is 2. The fourth-order valence-corrected chi connectivity index (χ4v) is 3.16. The number of hydrogen-bond donors (Lipinski definition) is 1. The molecule has 1 N–H and O–H groups in total. The van der Waals surface area contributed by atoms with Crippen molar-refractivity contribution in [3.63, 3.8) is 0 Å². The van der Waals surface area contributed by atoms with Crippen LogP contribution in [-0.4, -0.2) is 43.1 Å². The van der Waals surface area contributed by atoms with Crippen LogP contribution in [0.15, 0.2) is 4.52 Å². The van der Waals surface area contributed by atoms with Crippen molar-refractivity contribution in [2.24, 2.45) is 0 Å². The van der Waals surface area contributed by atoms with Crippen molar-refractivity contribution < 1.29 is 14.0 Å². The van der Waals surface area contributed by atoms with Gasteiger partial charge in [-0.3, -0.25) is 0 Å². The molecule has 2 aliphatic rings. The van der Waals surface area contributed by atoms with E-state index in [1.165, 1.54) is 0 Å². The first-order valence-corrected chi connectivity index (χ1v) is 7.44. The van der Waals surface area contributed by atoms with Gasteiger partial charge in [0.1, 0.15) is 5.60 Å². The number of piperidine rings is 1. The Morgan fingerprint density at radius 3 is 2.85 bits per heavy atom. The van der Waals surface area contributed by atoms with Gasteiger partial charge in [-0.15, -0.1) is 0 Å². The topological polar surface area (TPSA) is 69.4 Å². The minimum absolute atomic E-state index is 0.362. The summed E-state index contributed by atoms with van der Waals surface area (Å²) in [4.78, 5) is 4.65. The fraction of sp³-hybridized carbons (Fsp3) is 0.857. The van der Waals surface area contributed by atoms with Crippen LogP contribution in [0.5, 0.6) is 0 Å². The van der Waals surface area contributed by atoms with Gasteiger partial charge in [0.2, 0.25) is 11.7 Å². The number of hydrogen-bond acceptors (Lipinski definition) is 6. The van der Waals surface area contributed by atoms with Crippen LogP contribution in [0.2, 0.25) is 0 Å². The predicted octanol–water partition coefficient (Wildman–Crippen LogP) is 1.58. The average Bonchev–Trinajstić information content (AvgIpc) is 2.98. The van der Waals surface area contributed by atoms with Crippen LogP contribution in [0.4, 0.5) is 0 Å². The fourth-order valence-electron chi connectivity index (χ4n) is 3.16. The second-order valence-electron chi connectivity index (χ2n) is 5.84. The first-order chi connectivity index (χ1) is 9.73. The quantitative estimate of drug-likeness (QED) is 0.907. The average molecular weight is 281 g/mol. The van der Waals surface area contributed by atoms with Gasteiger partial charge in [0.25, 0.3) is 0 Å². The maximum Gasteiger partial charge on any atom is 0.229 e. The Morgan fingerprint density at radius 1 is 1.35 bits per heavy atom. The SMILES string of the molecule is COC1(c2noc(C3CCNC(C)C3)n2)CCOCC1. The minimum Gasteiger partial charge on any atom is -0.381 e. The largest absolute Gasteiger partial charge is 0.381 e. The third kappa shape index (κ3) is 2.60. The van der Waals surface area contributed by atoms with E-state index in [1.54, 1.807) is 7.11 Å². The molecule has 2 saturated heterocycles. The van der Waals surface area contributed by atoms with E-state index in [9.17, 15) is 0 Å². The molecule has 0 spiro atoms. The Bertz CT molecular complexity index is 443. The summed E-state index contributed by atoms with van der Waals surface area (Å²) in [7, 11) is 1.72. The molecule has 2 unspecified atom stereocenters. The summed E-state index contributed by atoms with van der Waals surface area (Å²) in [5.74, 6) is 1.81. The van der Waals surface area contributed by atoms with Gasteiger partial charge in [-0.1, -0.05) is 5.16 Å². The molecule has 0 radical (unpaired) electrons. The van der Waals surface area contributed by atoms with Gasteiger partial charge < -0.3 is 19.3 Å². The highest BCUT2D eigenvalue weighted by atomic mass is 16.5. The lowest BCUT2D eigenvalue weighted by atomic mass is 9.92. The van der Waals surface area contributed by atoms with Gasteiger partial charge in [-0.25, -0.2) is 0 Å². The number of methoxy groups -OCH3 is 1. The summed E-state index contributed by atoms with van der Waals surface area (Å²) in [5.41, 5.74) is -0.432. The molecule has 0 saturated carbocycles. The van der Waals surface area contributed by atoms with Gasteiger partial charge in [-0.05, 0) is 26.3 Å². The van der Waals surface area contributed by atoms with E-state index >= 15 is 0 Å². The van der Waals surface area contributed by atoms with Gasteiger partial charge in [0, 0.05) is 45.1 Å². The molecular weight excluding hydrogens is 258 g/mol. The van der Waals surface area contributed by atoms with Crippen LogP contribution in [-0.2, 0) is 15.1 Å². The summed E-state index contributed by atoms with van der Waals surface area (Å²) in [6, 6.07) is 0.503. The molecule has 6 nitrogen and oxygen atoms in total. The molecule has 3 rings (SSSR count). The van der Waals surface area contributed by atoms with E-state index in [1.807, 2.05) is 0 Å². The van der Waals surface area contributed by atoms with Crippen LogP contribution < -0.4 is 5.32 Å². The highest BCUT2D eigenvalue weighted by Crippen LogP contribution is 2.35. The minimum atomic E-state index is -0.432. The second-order valence-corrected chi connectivity index (χ2v) is 5.84. The lowest BCUT2D eigenvalue weighted by Crippen LogP contribution is -2.37. The highest BCUT2D eigenvalue weighted by Gasteiger charge is 2.40. The lowest BCUT2D eigenvalue weighted by Gasteiger charge is -2.32. The molecule has 1 aromatic heterocycles. The molecule has 6 heteroatoms. The highest BCUT2D eigenvalue weighted by molar-refractivity contribution is 5.06. The molecular formula is C14H23N3O3. The van der Waals surface area contributed by atoms with Gasteiger partial charge >= 0.3 is 0 Å². The summed E-state index contributed by atoms with van der Waals surface area (Å²) in [6.45, 7) is 4.57. The number of nitrogens with zero attached hydrogens (tertiary/aromatic N) is 2. The molecule has 0 aromatic carbocycles. The number of rotatable bonds is 3. The van der Waals surface area contributed by atoms with Crippen molar-refractivity contribution >= 4 is 0 Å². The standard InChI is InChI=1S/C14H23N3O3/c1-10-9-11(3-6-15-10)12-16-13(17-20-12)14(18-2)4-7-19-8-5-14/h10-11,15H,3-9H2,1-2H3. The van der Waals surface area contributed by atoms with E-state index < -0.39 is 5.60 Å². The van der Waals surface area contributed by atoms with Crippen LogP contribution in [0.1, 0.15) is 50.2 Å². The molecule has 112 valence electrons. The molecule has 1 aromatic rings. The maximum atomic E-state index is 5.71. The van der Waals surface area contributed by atoms with Crippen molar-refractivity contribution in [1.82, 2.24) is 15.5 Å². The normalized spacial score (nSPS) is 30.3. The van der Waals surface area contributed by atoms with Crippen molar-refractivity contribution in [2.75, 3.05) is 26.9 Å². The third-order valence-electron chi connectivity index (χ3n) is 4.51. The first-order valence-electron chi connectivity index (χ1n) is 7.44. The van der Waals surface area contributed by atoms with E-state index in [4.69, 9.17) is 14.0 Å². The zero-order valence-corrected chi connectivity index (χ0v) is 12.2. The van der Waals surface area contributed by atoms with Crippen LogP contribution in [0.3, 0.4) is 0 Å². The van der Waals surface area contributed by atoms with Gasteiger partial charge in [0.15, 0.2) is 0 Å². The number of nitrogens with one attached hydrogen (secondary N) is 1. The smallest absolute Gasteiger partial charge is 0.229 e. The molecule has 3 heterocycles. The van der Waals surface area contributed by atoms with E-state index in [0.29, 0.717) is 31.0 Å². The van der Waals surface area contributed by atoms with Crippen molar-refractivity contribution in [3.05, 3.63) is 11.7 Å². The Morgan fingerprint density at radius 2 is 2.15 bits per heavy atom. The van der Waals surface area contributed by atoms with E-state index in [0.717, 1.165) is 38.1 Å². The maximum absolute atomic E-state index is 5.71.